The van der Waals surface area contributed by atoms with Gasteiger partial charge in [0.25, 0.3) is 0 Å². The van der Waals surface area contributed by atoms with E-state index in [-0.39, 0.29) is 16.7 Å². The molecule has 1 aliphatic rings. The summed E-state index contributed by atoms with van der Waals surface area (Å²) in [4.78, 5) is 11.9. The summed E-state index contributed by atoms with van der Waals surface area (Å²) in [5.41, 5.74) is 11.4. The Bertz CT molecular complexity index is 702. The quantitative estimate of drug-likeness (QED) is 0.760. The molecular formula is C23H31NO. The second-order valence-corrected chi connectivity index (χ2v) is 8.91. The largest absolute Gasteiger partial charge is 0.326 e. The highest BCUT2D eigenvalue weighted by atomic mass is 16.1. The summed E-state index contributed by atoms with van der Waals surface area (Å²) in [6.45, 7) is 13.6. The van der Waals surface area contributed by atoms with Gasteiger partial charge in [-0.05, 0) is 44.8 Å². The first-order valence-corrected chi connectivity index (χ1v) is 8.96. The lowest BCUT2D eigenvalue weighted by atomic mass is 9.67. The van der Waals surface area contributed by atoms with Gasteiger partial charge in [-0.1, -0.05) is 78.0 Å². The smallest absolute Gasteiger partial charge is 0.131 e. The average molecular weight is 338 g/mol. The van der Waals surface area contributed by atoms with E-state index in [0.29, 0.717) is 6.54 Å². The predicted molar refractivity (Wildman–Crippen MR) is 107 cm³/mol. The average Bonchev–Trinajstić information content (AvgIpc) is 2.52. The Balaban J connectivity index is 2.60. The van der Waals surface area contributed by atoms with Crippen molar-refractivity contribution >= 4 is 12.4 Å². The van der Waals surface area contributed by atoms with Gasteiger partial charge in [0.05, 0.1) is 5.92 Å². The van der Waals surface area contributed by atoms with Crippen LogP contribution in [0.2, 0.25) is 0 Å². The zero-order valence-corrected chi connectivity index (χ0v) is 16.4. The molecule has 2 rings (SSSR count). The van der Waals surface area contributed by atoms with Crippen LogP contribution in [0.5, 0.6) is 0 Å². The van der Waals surface area contributed by atoms with Crippen molar-refractivity contribution in [1.82, 2.24) is 0 Å². The monoisotopic (exact) mass is 337 g/mol. The molecule has 0 saturated heterocycles. The van der Waals surface area contributed by atoms with E-state index in [4.69, 9.17) is 5.73 Å². The summed E-state index contributed by atoms with van der Waals surface area (Å²) in [5, 5.41) is 0. The van der Waals surface area contributed by atoms with Crippen LogP contribution in [0.25, 0.3) is 6.08 Å². The lowest BCUT2D eigenvalue weighted by Gasteiger charge is -2.37. The molecule has 2 nitrogen and oxygen atoms in total. The minimum absolute atomic E-state index is 0.0610. The molecule has 1 aromatic rings. The molecule has 1 aromatic carbocycles. The molecule has 0 bridgehead atoms. The van der Waals surface area contributed by atoms with Gasteiger partial charge in [-0.3, -0.25) is 0 Å². The summed E-state index contributed by atoms with van der Waals surface area (Å²) in [5.74, 6) is -0.146. The number of carbonyl (C=O) groups is 1. The van der Waals surface area contributed by atoms with Crippen LogP contribution in [0, 0.1) is 16.7 Å². The van der Waals surface area contributed by atoms with E-state index in [1.165, 1.54) is 11.1 Å². The molecule has 0 unspecified atom stereocenters. The Morgan fingerprint density at radius 1 is 1.00 bits per heavy atom. The van der Waals surface area contributed by atoms with E-state index in [2.05, 4.69) is 71.9 Å². The molecule has 0 heterocycles. The zero-order valence-electron chi connectivity index (χ0n) is 16.4. The third-order valence-corrected chi connectivity index (χ3v) is 4.70. The molecular weight excluding hydrogens is 306 g/mol. The molecule has 25 heavy (non-hydrogen) atoms. The third kappa shape index (κ3) is 4.58. The fourth-order valence-electron chi connectivity index (χ4n) is 3.35. The maximum atomic E-state index is 11.9. The Labute approximate surface area is 152 Å². The summed E-state index contributed by atoms with van der Waals surface area (Å²) in [6.07, 6.45) is 7.64. The number of nitrogens with two attached hydrogens (primary N) is 1. The highest BCUT2D eigenvalue weighted by Gasteiger charge is 2.35. The van der Waals surface area contributed by atoms with Gasteiger partial charge in [-0.15, -0.1) is 0 Å². The van der Waals surface area contributed by atoms with Crippen molar-refractivity contribution in [3.63, 3.8) is 0 Å². The number of aldehydes is 1. The van der Waals surface area contributed by atoms with E-state index >= 15 is 0 Å². The standard InChI is InChI=1S/C23H31NO/c1-22(2,3)20-12-18(11-16-8-7-9-17(10-16)14-24)13-21(19(20)15-25)23(4,5)6/h7-13,15,19H,14,24H2,1-6H3. The number of carbonyl (C=O) groups excluding carboxylic acids is 1. The summed E-state index contributed by atoms with van der Waals surface area (Å²) >= 11 is 0. The van der Waals surface area contributed by atoms with Crippen molar-refractivity contribution < 1.29 is 4.79 Å². The number of rotatable bonds is 3. The highest BCUT2D eigenvalue weighted by Crippen LogP contribution is 2.44. The molecule has 0 spiro atoms. The van der Waals surface area contributed by atoms with Crippen molar-refractivity contribution in [1.29, 1.82) is 0 Å². The van der Waals surface area contributed by atoms with E-state index in [0.717, 1.165) is 23.0 Å². The summed E-state index contributed by atoms with van der Waals surface area (Å²) in [7, 11) is 0. The van der Waals surface area contributed by atoms with Gasteiger partial charge in [0.2, 0.25) is 0 Å². The van der Waals surface area contributed by atoms with E-state index < -0.39 is 0 Å². The molecule has 134 valence electrons. The van der Waals surface area contributed by atoms with Gasteiger partial charge in [-0.2, -0.15) is 0 Å². The molecule has 0 fully saturated rings. The predicted octanol–water partition coefficient (Wildman–Crippen LogP) is 5.30. The molecule has 0 saturated carbocycles. The van der Waals surface area contributed by atoms with Crippen molar-refractivity contribution in [3.05, 3.63) is 64.3 Å². The Kier molecular flexibility index (Phi) is 5.53. The number of allylic oxidation sites excluding steroid dienone is 5. The van der Waals surface area contributed by atoms with Crippen molar-refractivity contribution in [3.8, 4) is 0 Å². The van der Waals surface area contributed by atoms with E-state index in [1.54, 1.807) is 0 Å². The zero-order chi connectivity index (χ0) is 18.8. The van der Waals surface area contributed by atoms with Crippen molar-refractivity contribution in [2.45, 2.75) is 48.1 Å². The van der Waals surface area contributed by atoms with Crippen LogP contribution in [0.4, 0.5) is 0 Å². The van der Waals surface area contributed by atoms with Crippen LogP contribution in [0.1, 0.15) is 52.7 Å². The number of hydrogen-bond donors (Lipinski definition) is 1. The van der Waals surface area contributed by atoms with Crippen LogP contribution in [-0.2, 0) is 11.3 Å². The van der Waals surface area contributed by atoms with Crippen LogP contribution < -0.4 is 5.73 Å². The normalized spacial score (nSPS) is 18.5. The molecule has 2 N–H and O–H groups in total. The van der Waals surface area contributed by atoms with Crippen LogP contribution >= 0.6 is 0 Å². The van der Waals surface area contributed by atoms with Crippen molar-refractivity contribution in [2.75, 3.05) is 0 Å². The topological polar surface area (TPSA) is 43.1 Å². The van der Waals surface area contributed by atoms with E-state index in [1.807, 2.05) is 12.1 Å². The van der Waals surface area contributed by atoms with Crippen molar-refractivity contribution in [2.24, 2.45) is 22.5 Å². The second kappa shape index (κ2) is 7.13. The lowest BCUT2D eigenvalue weighted by Crippen LogP contribution is -2.28. The molecule has 2 heteroatoms. The first kappa shape index (κ1) is 19.4. The second-order valence-electron chi connectivity index (χ2n) is 8.91. The fraction of sp³-hybridized carbons (Fsp3) is 0.435. The van der Waals surface area contributed by atoms with Gasteiger partial charge in [0.1, 0.15) is 6.29 Å². The summed E-state index contributed by atoms with van der Waals surface area (Å²) < 4.78 is 0. The third-order valence-electron chi connectivity index (χ3n) is 4.70. The van der Waals surface area contributed by atoms with Crippen LogP contribution in [0.15, 0.2) is 53.1 Å². The maximum Gasteiger partial charge on any atom is 0.131 e. The van der Waals surface area contributed by atoms with Crippen LogP contribution in [0.3, 0.4) is 0 Å². The first-order valence-electron chi connectivity index (χ1n) is 8.96. The first-order chi connectivity index (χ1) is 11.6. The number of benzene rings is 1. The fourth-order valence-corrected chi connectivity index (χ4v) is 3.35. The molecule has 0 aromatic heterocycles. The van der Waals surface area contributed by atoms with Gasteiger partial charge in [0.15, 0.2) is 0 Å². The Morgan fingerprint density at radius 2 is 1.56 bits per heavy atom. The van der Waals surface area contributed by atoms with Gasteiger partial charge in [0, 0.05) is 6.54 Å². The molecule has 0 amide bonds. The molecule has 0 radical (unpaired) electrons. The minimum Gasteiger partial charge on any atom is -0.326 e. The summed E-state index contributed by atoms with van der Waals surface area (Å²) in [6, 6.07) is 8.29. The lowest BCUT2D eigenvalue weighted by molar-refractivity contribution is -0.109. The molecule has 0 atom stereocenters. The maximum absolute atomic E-state index is 11.9. The highest BCUT2D eigenvalue weighted by molar-refractivity contribution is 5.72. The van der Waals surface area contributed by atoms with Gasteiger partial charge >= 0.3 is 0 Å². The van der Waals surface area contributed by atoms with Gasteiger partial charge < -0.3 is 10.5 Å². The van der Waals surface area contributed by atoms with Crippen LogP contribution in [-0.4, -0.2) is 6.29 Å². The Morgan fingerprint density at radius 3 is 2.00 bits per heavy atom. The Hall–Kier alpha value is -1.93. The SMILES string of the molecule is CC(C)(C)C1=CC(=Cc2cccc(CN)c2)C=C(C(C)(C)C)C1C=O. The van der Waals surface area contributed by atoms with E-state index in [9.17, 15) is 4.79 Å². The molecule has 1 aliphatic carbocycles. The van der Waals surface area contributed by atoms with Gasteiger partial charge in [-0.25, -0.2) is 0 Å². The molecule has 0 aliphatic heterocycles. The minimum atomic E-state index is -0.146. The number of hydrogen-bond acceptors (Lipinski definition) is 2.